The number of esters is 1. The van der Waals surface area contributed by atoms with E-state index in [2.05, 4.69) is 100 Å². The summed E-state index contributed by atoms with van der Waals surface area (Å²) in [5.74, 6) is -1.80. The summed E-state index contributed by atoms with van der Waals surface area (Å²) in [4.78, 5) is 29.8. The second kappa shape index (κ2) is 12.1. The summed E-state index contributed by atoms with van der Waals surface area (Å²) in [7, 11) is 1.38. The number of amides is 1. The van der Waals surface area contributed by atoms with Crippen molar-refractivity contribution in [1.29, 1.82) is 0 Å². The van der Waals surface area contributed by atoms with Gasteiger partial charge < -0.3 is 19.9 Å². The molecule has 1 amide bonds. The van der Waals surface area contributed by atoms with Crippen molar-refractivity contribution in [2.75, 3.05) is 7.11 Å². The lowest BCUT2D eigenvalue weighted by molar-refractivity contribution is -0.150. The zero-order chi connectivity index (χ0) is 29.8. The molecule has 0 saturated heterocycles. The SMILES string of the molecule is COc1ccnc(C(=O)N[C@@H](C)C(=O)O[C@@H](C)C(c2ccc(C(C)(C)C)cc2)c2ccc(C(C)(C)C)cc2)c1O. The van der Waals surface area contributed by atoms with Gasteiger partial charge in [0.05, 0.1) is 7.11 Å². The first-order valence-corrected chi connectivity index (χ1v) is 13.6. The number of nitrogens with one attached hydrogen (secondary N) is 1. The lowest BCUT2D eigenvalue weighted by atomic mass is 9.81. The Labute approximate surface area is 237 Å². The third-order valence-electron chi connectivity index (χ3n) is 7.07. The van der Waals surface area contributed by atoms with E-state index in [1.807, 2.05) is 6.92 Å². The monoisotopic (exact) mass is 546 g/mol. The van der Waals surface area contributed by atoms with Gasteiger partial charge in [-0.25, -0.2) is 9.78 Å². The van der Waals surface area contributed by atoms with E-state index in [9.17, 15) is 14.7 Å². The first-order chi connectivity index (χ1) is 18.6. The Hall–Kier alpha value is -3.87. The molecule has 2 aromatic carbocycles. The molecule has 0 unspecified atom stereocenters. The minimum absolute atomic E-state index is 0.0141. The van der Waals surface area contributed by atoms with E-state index in [0.717, 1.165) is 11.1 Å². The van der Waals surface area contributed by atoms with Crippen LogP contribution in [0.25, 0.3) is 0 Å². The van der Waals surface area contributed by atoms with E-state index in [-0.39, 0.29) is 28.2 Å². The summed E-state index contributed by atoms with van der Waals surface area (Å²) in [6.07, 6.45) is 0.815. The van der Waals surface area contributed by atoms with Gasteiger partial charge in [-0.2, -0.15) is 0 Å². The van der Waals surface area contributed by atoms with Crippen LogP contribution in [0.3, 0.4) is 0 Å². The summed E-state index contributed by atoms with van der Waals surface area (Å²) >= 11 is 0. The molecule has 214 valence electrons. The van der Waals surface area contributed by atoms with E-state index in [1.165, 1.54) is 37.4 Å². The van der Waals surface area contributed by atoms with E-state index in [1.54, 1.807) is 0 Å². The maximum atomic E-state index is 13.1. The number of hydrogen-bond acceptors (Lipinski definition) is 6. The molecule has 0 bridgehead atoms. The minimum Gasteiger partial charge on any atom is -0.503 e. The van der Waals surface area contributed by atoms with Crippen LogP contribution in [0.1, 0.15) is 94.1 Å². The maximum absolute atomic E-state index is 13.1. The van der Waals surface area contributed by atoms with Crippen LogP contribution in [-0.4, -0.2) is 41.2 Å². The Morgan fingerprint density at radius 1 is 0.825 bits per heavy atom. The van der Waals surface area contributed by atoms with Crippen molar-refractivity contribution in [3.63, 3.8) is 0 Å². The van der Waals surface area contributed by atoms with Crippen molar-refractivity contribution in [2.45, 2.75) is 84.3 Å². The number of aromatic nitrogens is 1. The molecule has 3 rings (SSSR count). The third kappa shape index (κ3) is 7.20. The predicted octanol–water partition coefficient (Wildman–Crippen LogP) is 6.27. The number of carbonyl (C=O) groups excluding carboxylic acids is 2. The number of ether oxygens (including phenoxy) is 2. The standard InChI is InChI=1S/C33H42N2O5/c1-20(35-30(37)28-29(36)26(39-9)18-19-34-28)31(38)40-21(2)27(22-10-14-24(15-11-22)32(3,4)5)23-12-16-25(17-13-23)33(6,7)8/h10-21,27,36H,1-9H3,(H,35,37)/t20-,21-/m0/s1. The summed E-state index contributed by atoms with van der Waals surface area (Å²) in [5, 5.41) is 12.8. The molecule has 0 aliphatic heterocycles. The molecule has 2 N–H and O–H groups in total. The van der Waals surface area contributed by atoms with Crippen LogP contribution in [-0.2, 0) is 20.4 Å². The van der Waals surface area contributed by atoms with E-state index >= 15 is 0 Å². The molecule has 0 aliphatic carbocycles. The van der Waals surface area contributed by atoms with Gasteiger partial charge in [-0.3, -0.25) is 4.79 Å². The highest BCUT2D eigenvalue weighted by atomic mass is 16.5. The molecule has 7 heteroatoms. The van der Waals surface area contributed by atoms with Crippen LogP contribution in [0.4, 0.5) is 0 Å². The summed E-state index contributed by atoms with van der Waals surface area (Å²) in [6, 6.07) is 17.3. The number of aromatic hydroxyl groups is 1. The first kappa shape index (κ1) is 30.7. The van der Waals surface area contributed by atoms with Gasteiger partial charge in [0.15, 0.2) is 17.2 Å². The second-order valence-corrected chi connectivity index (χ2v) is 12.3. The van der Waals surface area contributed by atoms with E-state index in [0.29, 0.717) is 0 Å². The summed E-state index contributed by atoms with van der Waals surface area (Å²) in [5.41, 5.74) is 4.28. The topological polar surface area (TPSA) is 97.8 Å². The fourth-order valence-electron chi connectivity index (χ4n) is 4.56. The summed E-state index contributed by atoms with van der Waals surface area (Å²) in [6.45, 7) is 16.4. The van der Waals surface area contributed by atoms with Crippen LogP contribution in [0.5, 0.6) is 11.5 Å². The minimum atomic E-state index is -0.977. The molecule has 0 spiro atoms. The molecule has 2 atom stereocenters. The molecular formula is C33H42N2O5. The van der Waals surface area contributed by atoms with Gasteiger partial charge in [0.2, 0.25) is 0 Å². The second-order valence-electron chi connectivity index (χ2n) is 12.3. The Kier molecular flexibility index (Phi) is 9.28. The van der Waals surface area contributed by atoms with Gasteiger partial charge in [0, 0.05) is 18.2 Å². The first-order valence-electron chi connectivity index (χ1n) is 13.6. The van der Waals surface area contributed by atoms with Crippen molar-refractivity contribution in [1.82, 2.24) is 10.3 Å². The predicted molar refractivity (Wildman–Crippen MR) is 157 cm³/mol. The van der Waals surface area contributed by atoms with Gasteiger partial charge in [0.1, 0.15) is 12.1 Å². The highest BCUT2D eigenvalue weighted by Gasteiger charge is 2.29. The van der Waals surface area contributed by atoms with Crippen molar-refractivity contribution < 1.29 is 24.2 Å². The molecule has 1 aromatic heterocycles. The number of rotatable bonds is 8. The fourth-order valence-corrected chi connectivity index (χ4v) is 4.56. The van der Waals surface area contributed by atoms with Crippen molar-refractivity contribution in [3.05, 3.63) is 88.7 Å². The number of benzene rings is 2. The Morgan fingerprint density at radius 2 is 1.30 bits per heavy atom. The highest BCUT2D eigenvalue weighted by Crippen LogP contribution is 2.34. The van der Waals surface area contributed by atoms with Gasteiger partial charge in [-0.05, 0) is 46.9 Å². The molecule has 1 heterocycles. The Balaban J connectivity index is 1.85. The molecular weight excluding hydrogens is 504 g/mol. The fraction of sp³-hybridized carbons (Fsp3) is 0.424. The quantitative estimate of drug-likeness (QED) is 0.323. The molecule has 0 fully saturated rings. The molecule has 0 aliphatic rings. The number of carbonyl (C=O) groups is 2. The third-order valence-corrected chi connectivity index (χ3v) is 7.07. The van der Waals surface area contributed by atoms with Crippen molar-refractivity contribution in [3.8, 4) is 11.5 Å². The van der Waals surface area contributed by atoms with Crippen molar-refractivity contribution in [2.24, 2.45) is 0 Å². The average molecular weight is 547 g/mol. The van der Waals surface area contributed by atoms with Gasteiger partial charge in [-0.15, -0.1) is 0 Å². The smallest absolute Gasteiger partial charge is 0.328 e. The van der Waals surface area contributed by atoms with Crippen LogP contribution in [0.2, 0.25) is 0 Å². The normalized spacial score (nSPS) is 13.4. The molecule has 0 radical (unpaired) electrons. The van der Waals surface area contributed by atoms with Gasteiger partial charge in [0.25, 0.3) is 5.91 Å². The van der Waals surface area contributed by atoms with E-state index < -0.39 is 29.8 Å². The number of hydrogen-bond donors (Lipinski definition) is 2. The zero-order valence-corrected chi connectivity index (χ0v) is 25.0. The highest BCUT2D eigenvalue weighted by molar-refractivity contribution is 5.97. The summed E-state index contributed by atoms with van der Waals surface area (Å²) < 4.78 is 11.0. The average Bonchev–Trinajstić information content (AvgIpc) is 2.88. The lowest BCUT2D eigenvalue weighted by Gasteiger charge is -2.28. The number of methoxy groups -OCH3 is 1. The van der Waals surface area contributed by atoms with Crippen LogP contribution >= 0.6 is 0 Å². The maximum Gasteiger partial charge on any atom is 0.328 e. The molecule has 7 nitrogen and oxygen atoms in total. The van der Waals surface area contributed by atoms with Gasteiger partial charge in [-0.1, -0.05) is 90.1 Å². The van der Waals surface area contributed by atoms with E-state index in [4.69, 9.17) is 9.47 Å². The van der Waals surface area contributed by atoms with Crippen LogP contribution < -0.4 is 10.1 Å². The lowest BCUT2D eigenvalue weighted by Crippen LogP contribution is -2.41. The molecule has 0 saturated carbocycles. The van der Waals surface area contributed by atoms with Crippen molar-refractivity contribution >= 4 is 11.9 Å². The van der Waals surface area contributed by atoms with Gasteiger partial charge >= 0.3 is 5.97 Å². The largest absolute Gasteiger partial charge is 0.503 e. The zero-order valence-electron chi connectivity index (χ0n) is 25.0. The number of pyridine rings is 1. The number of nitrogens with zero attached hydrogens (tertiary/aromatic N) is 1. The van der Waals surface area contributed by atoms with Crippen LogP contribution in [0.15, 0.2) is 60.8 Å². The molecule has 40 heavy (non-hydrogen) atoms. The molecule has 3 aromatic rings. The van der Waals surface area contributed by atoms with Crippen LogP contribution in [0, 0.1) is 0 Å². The Morgan fingerprint density at radius 3 is 1.73 bits per heavy atom. The Bertz CT molecular complexity index is 1260.